The van der Waals surface area contributed by atoms with Crippen LogP contribution in [0.3, 0.4) is 0 Å². The van der Waals surface area contributed by atoms with E-state index in [1.807, 2.05) is 31.2 Å². The minimum Gasteiger partial charge on any atom is -0.326 e. The van der Waals surface area contributed by atoms with Crippen LogP contribution in [0.1, 0.15) is 17.5 Å². The van der Waals surface area contributed by atoms with Crippen LogP contribution >= 0.6 is 0 Å². The van der Waals surface area contributed by atoms with Crippen LogP contribution in [0.2, 0.25) is 0 Å². The third kappa shape index (κ3) is 4.17. The highest BCUT2D eigenvalue weighted by molar-refractivity contribution is 7.89. The van der Waals surface area contributed by atoms with Crippen molar-refractivity contribution >= 4 is 33.2 Å². The van der Waals surface area contributed by atoms with E-state index in [0.29, 0.717) is 11.3 Å². The summed E-state index contributed by atoms with van der Waals surface area (Å²) in [5.74, 6) is -0.964. The highest BCUT2D eigenvalue weighted by Crippen LogP contribution is 2.27. The van der Waals surface area contributed by atoms with E-state index in [4.69, 9.17) is 5.14 Å². The Morgan fingerprint density at radius 3 is 2.44 bits per heavy atom. The Labute approximate surface area is 158 Å². The largest absolute Gasteiger partial charge is 0.326 e. The number of nitrogens with two attached hydrogens (primary N) is 1. The molecule has 2 aromatic carbocycles. The fourth-order valence-electron chi connectivity index (χ4n) is 3.09. The molecule has 1 aliphatic heterocycles. The monoisotopic (exact) mass is 387 g/mol. The first-order valence-corrected chi connectivity index (χ1v) is 10.0. The number of benzene rings is 2. The maximum Gasteiger partial charge on any atom is 0.238 e. The van der Waals surface area contributed by atoms with Crippen molar-refractivity contribution in [3.8, 4) is 0 Å². The zero-order chi connectivity index (χ0) is 19.8. The first-order valence-electron chi connectivity index (χ1n) is 8.46. The molecule has 0 aromatic heterocycles. The van der Waals surface area contributed by atoms with Gasteiger partial charge in [0, 0.05) is 24.3 Å². The third-order valence-electron chi connectivity index (χ3n) is 4.60. The molecule has 0 bridgehead atoms. The lowest BCUT2D eigenvalue weighted by atomic mass is 10.1. The smallest absolute Gasteiger partial charge is 0.238 e. The van der Waals surface area contributed by atoms with Crippen molar-refractivity contribution in [1.82, 2.24) is 0 Å². The predicted octanol–water partition coefficient (Wildman–Crippen LogP) is 1.94. The Morgan fingerprint density at radius 2 is 1.81 bits per heavy atom. The van der Waals surface area contributed by atoms with Crippen LogP contribution in [0.25, 0.3) is 0 Å². The molecule has 0 spiro atoms. The van der Waals surface area contributed by atoms with Gasteiger partial charge in [-0.15, -0.1) is 0 Å². The summed E-state index contributed by atoms with van der Waals surface area (Å²) in [7, 11) is -3.88. The first-order chi connectivity index (χ1) is 12.6. The quantitative estimate of drug-likeness (QED) is 0.835. The minimum atomic E-state index is -3.88. The van der Waals surface area contributed by atoms with Crippen molar-refractivity contribution < 1.29 is 18.0 Å². The second-order valence-electron chi connectivity index (χ2n) is 6.76. The van der Waals surface area contributed by atoms with Gasteiger partial charge in [-0.2, -0.15) is 0 Å². The SMILES string of the molecule is Cc1ccc(N2C[C@@H](C(=O)Nc3ccc(C)c(S(N)(=O)=O)c3)CC2=O)cc1. The molecule has 2 aromatic rings. The van der Waals surface area contributed by atoms with Crippen molar-refractivity contribution in [3.63, 3.8) is 0 Å². The molecular formula is C19H21N3O4S. The van der Waals surface area contributed by atoms with E-state index in [0.717, 1.165) is 11.3 Å². The maximum absolute atomic E-state index is 12.6. The molecule has 7 nitrogen and oxygen atoms in total. The van der Waals surface area contributed by atoms with Crippen LogP contribution in [0.4, 0.5) is 11.4 Å². The Balaban J connectivity index is 1.74. The summed E-state index contributed by atoms with van der Waals surface area (Å²) in [5.41, 5.74) is 2.67. The van der Waals surface area contributed by atoms with E-state index in [2.05, 4.69) is 5.32 Å². The second-order valence-corrected chi connectivity index (χ2v) is 8.29. The number of amides is 2. The molecule has 1 saturated heterocycles. The van der Waals surface area contributed by atoms with Crippen LogP contribution in [0.15, 0.2) is 47.4 Å². The average Bonchev–Trinajstić information content (AvgIpc) is 2.98. The molecule has 0 saturated carbocycles. The molecule has 2 amide bonds. The van der Waals surface area contributed by atoms with Gasteiger partial charge >= 0.3 is 0 Å². The van der Waals surface area contributed by atoms with Gasteiger partial charge in [-0.1, -0.05) is 23.8 Å². The topological polar surface area (TPSA) is 110 Å². The van der Waals surface area contributed by atoms with Gasteiger partial charge in [-0.25, -0.2) is 13.6 Å². The van der Waals surface area contributed by atoms with Crippen LogP contribution in [0.5, 0.6) is 0 Å². The number of rotatable bonds is 4. The van der Waals surface area contributed by atoms with Crippen molar-refractivity contribution in [2.24, 2.45) is 11.1 Å². The van der Waals surface area contributed by atoms with Crippen molar-refractivity contribution in [2.45, 2.75) is 25.2 Å². The van der Waals surface area contributed by atoms with Crippen molar-refractivity contribution in [1.29, 1.82) is 0 Å². The zero-order valence-corrected chi connectivity index (χ0v) is 15.9. The molecule has 142 valence electrons. The van der Waals surface area contributed by atoms with E-state index in [9.17, 15) is 18.0 Å². The molecule has 27 heavy (non-hydrogen) atoms. The van der Waals surface area contributed by atoms with E-state index in [1.165, 1.54) is 6.07 Å². The van der Waals surface area contributed by atoms with Crippen LogP contribution in [-0.4, -0.2) is 26.8 Å². The number of nitrogens with one attached hydrogen (secondary N) is 1. The standard InChI is InChI=1S/C19H21N3O4S/c1-12-3-7-16(8-4-12)22-11-14(9-18(22)23)19(24)21-15-6-5-13(2)17(10-15)27(20,25)26/h3-8,10,14H,9,11H2,1-2H3,(H,21,24)(H2,20,25,26)/t14-/m0/s1. The van der Waals surface area contributed by atoms with Gasteiger partial charge in [-0.3, -0.25) is 9.59 Å². The lowest BCUT2D eigenvalue weighted by Gasteiger charge is -2.17. The van der Waals surface area contributed by atoms with Crippen molar-refractivity contribution in [2.75, 3.05) is 16.8 Å². The maximum atomic E-state index is 12.6. The number of anilines is 2. The summed E-state index contributed by atoms with van der Waals surface area (Å²) in [4.78, 5) is 26.4. The molecule has 1 fully saturated rings. The van der Waals surface area contributed by atoms with Gasteiger partial charge in [0.15, 0.2) is 0 Å². The number of carbonyl (C=O) groups is 2. The number of aryl methyl sites for hydroxylation is 2. The van der Waals surface area contributed by atoms with Gasteiger partial charge in [0.2, 0.25) is 21.8 Å². The van der Waals surface area contributed by atoms with E-state index in [-0.39, 0.29) is 29.7 Å². The van der Waals surface area contributed by atoms with Gasteiger partial charge in [0.25, 0.3) is 0 Å². The lowest BCUT2D eigenvalue weighted by Crippen LogP contribution is -2.28. The number of sulfonamides is 1. The molecule has 3 N–H and O–H groups in total. The number of primary sulfonamides is 1. The summed E-state index contributed by atoms with van der Waals surface area (Å²) in [6.07, 6.45) is 0.105. The third-order valence-corrected chi connectivity index (χ3v) is 5.66. The fourth-order valence-corrected chi connectivity index (χ4v) is 3.89. The number of carbonyl (C=O) groups excluding carboxylic acids is 2. The van der Waals surface area contributed by atoms with Crippen LogP contribution in [-0.2, 0) is 19.6 Å². The van der Waals surface area contributed by atoms with Gasteiger partial charge in [-0.05, 0) is 43.7 Å². The fraction of sp³-hybridized carbons (Fsp3) is 0.263. The summed E-state index contributed by atoms with van der Waals surface area (Å²) >= 11 is 0. The Bertz CT molecular complexity index is 1000. The molecule has 0 radical (unpaired) electrons. The highest BCUT2D eigenvalue weighted by atomic mass is 32.2. The Hall–Kier alpha value is -2.71. The minimum absolute atomic E-state index is 0.0379. The van der Waals surface area contributed by atoms with Crippen molar-refractivity contribution in [3.05, 3.63) is 53.6 Å². The lowest BCUT2D eigenvalue weighted by molar-refractivity contribution is -0.122. The molecular weight excluding hydrogens is 366 g/mol. The van der Waals surface area contributed by atoms with E-state index >= 15 is 0 Å². The van der Waals surface area contributed by atoms with Gasteiger partial charge in [0.1, 0.15) is 0 Å². The molecule has 0 aliphatic carbocycles. The number of hydrogen-bond acceptors (Lipinski definition) is 4. The van der Waals surface area contributed by atoms with Gasteiger partial charge < -0.3 is 10.2 Å². The highest BCUT2D eigenvalue weighted by Gasteiger charge is 2.35. The summed E-state index contributed by atoms with van der Waals surface area (Å²) in [5, 5.41) is 7.89. The molecule has 8 heteroatoms. The molecule has 1 heterocycles. The summed E-state index contributed by atoms with van der Waals surface area (Å²) < 4.78 is 23.3. The van der Waals surface area contributed by atoms with Gasteiger partial charge in [0.05, 0.1) is 10.8 Å². The molecule has 1 aliphatic rings. The molecule has 1 atom stereocenters. The Kier molecular flexibility index (Phi) is 5.03. The Morgan fingerprint density at radius 1 is 1.15 bits per heavy atom. The van der Waals surface area contributed by atoms with E-state index < -0.39 is 15.9 Å². The first kappa shape index (κ1) is 19.1. The number of hydrogen-bond donors (Lipinski definition) is 2. The van der Waals surface area contributed by atoms with Crippen LogP contribution in [0, 0.1) is 19.8 Å². The van der Waals surface area contributed by atoms with Crippen LogP contribution < -0.4 is 15.4 Å². The van der Waals surface area contributed by atoms with E-state index in [1.54, 1.807) is 24.0 Å². The second kappa shape index (κ2) is 7.13. The molecule has 0 unspecified atom stereocenters. The predicted molar refractivity (Wildman–Crippen MR) is 103 cm³/mol. The summed E-state index contributed by atoms with van der Waals surface area (Å²) in [6, 6.07) is 12.0. The molecule has 3 rings (SSSR count). The zero-order valence-electron chi connectivity index (χ0n) is 15.1. The number of nitrogens with zero attached hydrogens (tertiary/aromatic N) is 1. The average molecular weight is 387 g/mol. The summed E-state index contributed by atoms with van der Waals surface area (Å²) in [6.45, 7) is 3.87. The normalized spacial score (nSPS) is 17.2.